The Balaban J connectivity index is 1.98. The van der Waals surface area contributed by atoms with E-state index in [1.165, 1.54) is 0 Å². The number of anilines is 2. The maximum Gasteiger partial charge on any atom is 0.417 e. The number of alkyl halides is 9. The lowest BCUT2D eigenvalue weighted by molar-refractivity contribution is -0.138. The van der Waals surface area contributed by atoms with Crippen LogP contribution in [-0.4, -0.2) is 41.3 Å². The Labute approximate surface area is 194 Å². The van der Waals surface area contributed by atoms with Gasteiger partial charge in [0.15, 0.2) is 0 Å². The number of benzene rings is 1. The molecule has 0 aliphatic carbocycles. The van der Waals surface area contributed by atoms with Crippen molar-refractivity contribution in [2.24, 2.45) is 0 Å². The molecule has 0 radical (unpaired) electrons. The van der Waals surface area contributed by atoms with Crippen molar-refractivity contribution < 1.29 is 48.7 Å². The number of hydrogen-bond acceptors (Lipinski definition) is 5. The normalized spacial score (nSPS) is 12.5. The average Bonchev–Trinajstić information content (AvgIpc) is 2.73. The monoisotopic (exact) mass is 529 g/mol. The number of amides is 1. The van der Waals surface area contributed by atoms with Crippen molar-refractivity contribution in [1.29, 1.82) is 0 Å². The maximum atomic E-state index is 13.7. The first-order valence-corrected chi connectivity index (χ1v) is 9.59. The first-order chi connectivity index (χ1) is 16.5. The van der Waals surface area contributed by atoms with Gasteiger partial charge in [0.05, 0.1) is 22.8 Å². The highest BCUT2D eigenvalue weighted by molar-refractivity contribution is 5.94. The summed E-state index contributed by atoms with van der Waals surface area (Å²) in [4.78, 5) is 19.1. The van der Waals surface area contributed by atoms with Crippen molar-refractivity contribution in [2.75, 3.05) is 23.4 Å². The zero-order chi connectivity index (χ0) is 26.9. The minimum Gasteiger partial charge on any atom is -0.353 e. The summed E-state index contributed by atoms with van der Waals surface area (Å²) in [7, 11) is 0. The van der Waals surface area contributed by atoms with Gasteiger partial charge < -0.3 is 4.90 Å². The van der Waals surface area contributed by atoms with Crippen molar-refractivity contribution >= 4 is 28.3 Å². The summed E-state index contributed by atoms with van der Waals surface area (Å²) in [5.74, 6) is -2.41. The molecule has 0 saturated carbocycles. The Morgan fingerprint density at radius 3 is 2.08 bits per heavy atom. The van der Waals surface area contributed by atoms with E-state index in [4.69, 9.17) is 0 Å². The molecule has 0 unspecified atom stereocenters. The number of hydrazine groups is 1. The molecule has 3 aromatic rings. The summed E-state index contributed by atoms with van der Waals surface area (Å²) in [5, 5.41) is -0.777. The highest BCUT2D eigenvalue weighted by Crippen LogP contribution is 2.38. The van der Waals surface area contributed by atoms with E-state index in [9.17, 15) is 48.7 Å². The minimum atomic E-state index is -5.11. The number of carbonyl (C=O) groups excluding carboxylic acids is 1. The molecule has 2 aromatic heterocycles. The fourth-order valence-corrected chi connectivity index (χ4v) is 3.11. The predicted molar refractivity (Wildman–Crippen MR) is 106 cm³/mol. The minimum absolute atomic E-state index is 0.154. The topological polar surface area (TPSA) is 70.2 Å². The highest BCUT2D eigenvalue weighted by Gasteiger charge is 2.38. The first kappa shape index (κ1) is 26.7. The van der Waals surface area contributed by atoms with Crippen molar-refractivity contribution in [1.82, 2.24) is 15.4 Å². The molecule has 0 aliphatic rings. The van der Waals surface area contributed by atoms with Crippen LogP contribution in [0.2, 0.25) is 0 Å². The van der Waals surface area contributed by atoms with Gasteiger partial charge in [0, 0.05) is 17.3 Å². The second kappa shape index (κ2) is 9.66. The maximum absolute atomic E-state index is 13.7. The molecule has 36 heavy (non-hydrogen) atoms. The van der Waals surface area contributed by atoms with E-state index < -0.39 is 71.3 Å². The van der Waals surface area contributed by atoms with E-state index in [0.29, 0.717) is 12.1 Å². The lowest BCUT2D eigenvalue weighted by Crippen LogP contribution is -2.40. The average molecular weight is 529 g/mol. The van der Waals surface area contributed by atoms with Gasteiger partial charge in [-0.05, 0) is 30.3 Å². The Morgan fingerprint density at radius 2 is 1.53 bits per heavy atom. The van der Waals surface area contributed by atoms with Crippen LogP contribution in [0.1, 0.15) is 15.9 Å². The van der Waals surface area contributed by atoms with Crippen LogP contribution in [0.3, 0.4) is 0 Å². The van der Waals surface area contributed by atoms with Crippen LogP contribution < -0.4 is 15.8 Å². The fourth-order valence-electron chi connectivity index (χ4n) is 3.11. The largest absolute Gasteiger partial charge is 0.417 e. The molecule has 0 spiro atoms. The molecule has 0 fully saturated rings. The van der Waals surface area contributed by atoms with E-state index in [2.05, 4.69) is 15.4 Å². The van der Waals surface area contributed by atoms with Gasteiger partial charge in [0.1, 0.15) is 24.7 Å². The van der Waals surface area contributed by atoms with E-state index in [1.54, 1.807) is 0 Å². The Morgan fingerprint density at radius 1 is 0.889 bits per heavy atom. The number of nitrogens with zero attached hydrogens (tertiary/aromatic N) is 3. The standard InChI is InChI=1S/C20H13F10N5O/c21-11-3-10(6-31-7-11)17(36)34-33-16-5-14(20(28,29)30)13-4-12(1-2-15(13)32-16)35(8-18(22,23)24)9-19(25,26)27/h1-7H,8-9H2,(H,32,33)(H,34,36). The van der Waals surface area contributed by atoms with Gasteiger partial charge in [-0.15, -0.1) is 0 Å². The summed E-state index contributed by atoms with van der Waals surface area (Å²) >= 11 is 0. The third-order valence-corrected chi connectivity index (χ3v) is 4.47. The first-order valence-electron chi connectivity index (χ1n) is 9.59. The number of fused-ring (bicyclic) bond motifs is 1. The van der Waals surface area contributed by atoms with Crippen LogP contribution in [-0.2, 0) is 6.18 Å². The molecule has 0 saturated heterocycles. The number of nitrogens with one attached hydrogen (secondary N) is 2. The zero-order valence-electron chi connectivity index (χ0n) is 17.5. The van der Waals surface area contributed by atoms with E-state index >= 15 is 0 Å². The van der Waals surface area contributed by atoms with Crippen molar-refractivity contribution in [3.8, 4) is 0 Å². The smallest absolute Gasteiger partial charge is 0.353 e. The molecule has 3 rings (SSSR count). The summed E-state index contributed by atoms with van der Waals surface area (Å²) in [6, 6.07) is 3.28. The van der Waals surface area contributed by atoms with Gasteiger partial charge >= 0.3 is 18.5 Å². The molecule has 194 valence electrons. The van der Waals surface area contributed by atoms with Crippen LogP contribution >= 0.6 is 0 Å². The Kier molecular flexibility index (Phi) is 7.18. The Bertz CT molecular complexity index is 1240. The van der Waals surface area contributed by atoms with Crippen LogP contribution in [0.25, 0.3) is 10.9 Å². The molecule has 2 heterocycles. The SMILES string of the molecule is O=C(NNc1cc(C(F)(F)F)c2cc(N(CC(F)(F)F)CC(F)(F)F)ccc2n1)c1cncc(F)c1. The van der Waals surface area contributed by atoms with Crippen molar-refractivity contribution in [3.05, 3.63) is 59.7 Å². The van der Waals surface area contributed by atoms with E-state index in [1.807, 2.05) is 5.43 Å². The summed E-state index contributed by atoms with van der Waals surface area (Å²) < 4.78 is 131. The van der Waals surface area contributed by atoms with Crippen molar-refractivity contribution in [2.45, 2.75) is 18.5 Å². The van der Waals surface area contributed by atoms with Crippen LogP contribution in [0.4, 0.5) is 55.4 Å². The molecule has 16 heteroatoms. The molecule has 1 amide bonds. The number of hydrogen-bond donors (Lipinski definition) is 2. The molecular formula is C20H13F10N5O. The lowest BCUT2D eigenvalue weighted by Gasteiger charge is -2.27. The molecular weight excluding hydrogens is 516 g/mol. The van der Waals surface area contributed by atoms with E-state index in [-0.39, 0.29) is 10.5 Å². The summed E-state index contributed by atoms with van der Waals surface area (Å²) in [5.41, 5.74) is 1.14. The summed E-state index contributed by atoms with van der Waals surface area (Å²) in [6.45, 7) is -4.12. The van der Waals surface area contributed by atoms with Crippen LogP contribution in [0.15, 0.2) is 42.7 Å². The van der Waals surface area contributed by atoms with Crippen LogP contribution in [0.5, 0.6) is 0 Å². The molecule has 6 nitrogen and oxygen atoms in total. The third kappa shape index (κ3) is 7.08. The van der Waals surface area contributed by atoms with Crippen molar-refractivity contribution in [3.63, 3.8) is 0 Å². The summed E-state index contributed by atoms with van der Waals surface area (Å²) in [6.07, 6.45) is -13.5. The predicted octanol–water partition coefficient (Wildman–Crippen LogP) is 5.48. The van der Waals surface area contributed by atoms with Gasteiger partial charge in [-0.1, -0.05) is 0 Å². The van der Waals surface area contributed by atoms with Gasteiger partial charge in [0.25, 0.3) is 5.91 Å². The number of rotatable bonds is 6. The second-order valence-electron chi connectivity index (χ2n) is 7.31. The second-order valence-corrected chi connectivity index (χ2v) is 7.31. The third-order valence-electron chi connectivity index (χ3n) is 4.47. The lowest BCUT2D eigenvalue weighted by atomic mass is 10.1. The quantitative estimate of drug-likeness (QED) is 0.327. The Hall–Kier alpha value is -3.85. The molecule has 0 atom stereocenters. The van der Waals surface area contributed by atoms with E-state index in [0.717, 1.165) is 30.6 Å². The molecule has 2 N–H and O–H groups in total. The number of halogens is 10. The molecule has 0 bridgehead atoms. The fraction of sp³-hybridized carbons (Fsp3) is 0.250. The number of carbonyl (C=O) groups is 1. The van der Waals surface area contributed by atoms with Gasteiger partial charge in [-0.2, -0.15) is 39.5 Å². The van der Waals surface area contributed by atoms with Gasteiger partial charge in [-0.25, -0.2) is 9.37 Å². The highest BCUT2D eigenvalue weighted by atomic mass is 19.4. The molecule has 1 aromatic carbocycles. The van der Waals surface area contributed by atoms with Crippen LogP contribution in [0, 0.1) is 5.82 Å². The molecule has 0 aliphatic heterocycles. The van der Waals surface area contributed by atoms with Gasteiger partial charge in [-0.3, -0.25) is 20.6 Å². The number of pyridine rings is 2. The number of aromatic nitrogens is 2. The van der Waals surface area contributed by atoms with Gasteiger partial charge in [0.2, 0.25) is 0 Å². The zero-order valence-corrected chi connectivity index (χ0v) is 17.5.